The fourth-order valence-corrected chi connectivity index (χ4v) is 1.02. The summed E-state index contributed by atoms with van der Waals surface area (Å²) in [7, 11) is 0. The van der Waals surface area contributed by atoms with Crippen LogP contribution in [0, 0.1) is 0 Å². The van der Waals surface area contributed by atoms with Crippen molar-refractivity contribution >= 4 is 12.0 Å². The summed E-state index contributed by atoms with van der Waals surface area (Å²) in [6.45, 7) is -0.681. The fourth-order valence-electron chi connectivity index (χ4n) is 1.02. The Morgan fingerprint density at radius 3 is 2.65 bits per heavy atom. The van der Waals surface area contributed by atoms with Crippen LogP contribution in [-0.2, 0) is 9.53 Å². The molecule has 0 radical (unpaired) electrons. The highest BCUT2D eigenvalue weighted by Gasteiger charge is 2.06. The number of phenolic OH excluding ortho intramolecular Hbond substituents is 2. The average molecular weight is 240 g/mol. The van der Waals surface area contributed by atoms with Gasteiger partial charge in [-0.3, -0.25) is 0 Å². The van der Waals surface area contributed by atoms with Crippen LogP contribution < -0.4 is 0 Å². The number of aliphatic hydroxyl groups excluding tert-OH is 2. The van der Waals surface area contributed by atoms with Crippen LogP contribution in [0.3, 0.4) is 0 Å². The second-order valence-electron chi connectivity index (χ2n) is 3.16. The molecule has 0 aliphatic rings. The molecular weight excluding hydrogens is 228 g/mol. The van der Waals surface area contributed by atoms with Gasteiger partial charge in [-0.1, -0.05) is 6.07 Å². The van der Waals surface area contributed by atoms with E-state index in [0.29, 0.717) is 5.56 Å². The van der Waals surface area contributed by atoms with Gasteiger partial charge in [0.2, 0.25) is 6.29 Å². The lowest BCUT2D eigenvalue weighted by Gasteiger charge is -2.05. The van der Waals surface area contributed by atoms with Gasteiger partial charge in [-0.25, -0.2) is 4.79 Å². The highest BCUT2D eigenvalue weighted by molar-refractivity contribution is 5.87. The molecule has 0 aromatic heterocycles. The van der Waals surface area contributed by atoms with Crippen LogP contribution in [0.15, 0.2) is 24.3 Å². The van der Waals surface area contributed by atoms with Crippen molar-refractivity contribution in [2.45, 2.75) is 6.29 Å². The van der Waals surface area contributed by atoms with Gasteiger partial charge in [0.15, 0.2) is 11.5 Å². The quantitative estimate of drug-likeness (QED) is 0.255. The molecular formula is C11H12O6. The van der Waals surface area contributed by atoms with Gasteiger partial charge in [0.1, 0.15) is 6.61 Å². The number of phenols is 2. The summed E-state index contributed by atoms with van der Waals surface area (Å²) in [5.41, 5.74) is 0.468. The lowest BCUT2D eigenvalue weighted by atomic mass is 10.2. The second kappa shape index (κ2) is 5.88. The third-order valence-electron chi connectivity index (χ3n) is 1.82. The van der Waals surface area contributed by atoms with E-state index in [-0.39, 0.29) is 11.5 Å². The summed E-state index contributed by atoms with van der Waals surface area (Å²) in [6.07, 6.45) is 0.788. The molecule has 17 heavy (non-hydrogen) atoms. The molecule has 6 nitrogen and oxygen atoms in total. The van der Waals surface area contributed by atoms with Crippen molar-refractivity contribution in [3.05, 3.63) is 29.8 Å². The lowest BCUT2D eigenvalue weighted by Crippen LogP contribution is -2.19. The van der Waals surface area contributed by atoms with E-state index < -0.39 is 18.9 Å². The second-order valence-corrected chi connectivity index (χ2v) is 3.16. The normalized spacial score (nSPS) is 12.6. The predicted molar refractivity (Wildman–Crippen MR) is 58.0 cm³/mol. The molecule has 92 valence electrons. The zero-order valence-electron chi connectivity index (χ0n) is 8.78. The summed E-state index contributed by atoms with van der Waals surface area (Å²) in [4.78, 5) is 11.0. The number of aliphatic hydroxyl groups is 2. The van der Waals surface area contributed by atoms with Crippen molar-refractivity contribution in [1.82, 2.24) is 0 Å². The topological polar surface area (TPSA) is 107 Å². The van der Waals surface area contributed by atoms with Gasteiger partial charge in [0.05, 0.1) is 0 Å². The van der Waals surface area contributed by atoms with E-state index in [1.165, 1.54) is 24.3 Å². The zero-order chi connectivity index (χ0) is 12.8. The molecule has 0 fully saturated rings. The number of esters is 1. The number of hydrogen-bond donors (Lipinski definition) is 4. The van der Waals surface area contributed by atoms with E-state index in [1.807, 2.05) is 0 Å². The molecule has 0 aliphatic heterocycles. The molecule has 0 saturated heterocycles. The Morgan fingerprint density at radius 1 is 1.35 bits per heavy atom. The molecule has 0 aliphatic carbocycles. The summed E-state index contributed by atoms with van der Waals surface area (Å²) in [6, 6.07) is 3.99. The minimum atomic E-state index is -1.56. The van der Waals surface area contributed by atoms with Crippen LogP contribution >= 0.6 is 0 Å². The van der Waals surface area contributed by atoms with Crippen LogP contribution in [0.5, 0.6) is 11.5 Å². The van der Waals surface area contributed by atoms with Crippen LogP contribution in [-0.4, -0.2) is 39.3 Å². The summed E-state index contributed by atoms with van der Waals surface area (Å²) in [5.74, 6) is -1.41. The van der Waals surface area contributed by atoms with E-state index in [9.17, 15) is 9.90 Å². The number of carbonyl (C=O) groups excluding carboxylic acids is 1. The number of rotatable bonds is 4. The van der Waals surface area contributed by atoms with Gasteiger partial charge in [0, 0.05) is 6.08 Å². The smallest absolute Gasteiger partial charge is 0.333 e. The van der Waals surface area contributed by atoms with Crippen molar-refractivity contribution in [2.75, 3.05) is 6.61 Å². The fraction of sp³-hybridized carbons (Fsp3) is 0.182. The zero-order valence-corrected chi connectivity index (χ0v) is 8.78. The summed E-state index contributed by atoms with van der Waals surface area (Å²) < 4.78 is 4.34. The first-order valence-electron chi connectivity index (χ1n) is 4.72. The van der Waals surface area contributed by atoms with E-state index in [2.05, 4.69) is 4.74 Å². The van der Waals surface area contributed by atoms with Crippen LogP contribution in [0.1, 0.15) is 5.56 Å². The SMILES string of the molecule is O=C(C=Cc1ccc(O)c(O)c1)OC(O)CO. The number of hydrogen-bond acceptors (Lipinski definition) is 6. The number of aromatic hydroxyl groups is 2. The molecule has 6 heteroatoms. The Bertz CT molecular complexity index is 426. The first kappa shape index (κ1) is 13.0. The Balaban J connectivity index is 2.64. The minimum Gasteiger partial charge on any atom is -0.504 e. The van der Waals surface area contributed by atoms with Gasteiger partial charge in [0.25, 0.3) is 0 Å². The molecule has 0 bridgehead atoms. The van der Waals surface area contributed by atoms with Gasteiger partial charge in [-0.2, -0.15) is 0 Å². The molecule has 1 aromatic carbocycles. The van der Waals surface area contributed by atoms with Gasteiger partial charge >= 0.3 is 5.97 Å². The molecule has 0 spiro atoms. The van der Waals surface area contributed by atoms with E-state index in [4.69, 9.17) is 15.3 Å². The first-order valence-corrected chi connectivity index (χ1v) is 4.72. The van der Waals surface area contributed by atoms with Crippen LogP contribution in [0.2, 0.25) is 0 Å². The van der Waals surface area contributed by atoms with Gasteiger partial charge < -0.3 is 25.2 Å². The van der Waals surface area contributed by atoms with Gasteiger partial charge in [-0.05, 0) is 23.8 Å². The standard InChI is InChI=1S/C11H12O6/c12-6-11(16)17-10(15)4-2-7-1-3-8(13)9(14)5-7/h1-5,11-14,16H,6H2. The van der Waals surface area contributed by atoms with E-state index in [0.717, 1.165) is 6.08 Å². The van der Waals surface area contributed by atoms with Crippen LogP contribution in [0.25, 0.3) is 6.08 Å². The Hall–Kier alpha value is -2.05. The molecule has 1 unspecified atom stereocenters. The maximum absolute atomic E-state index is 11.0. The number of ether oxygens (including phenoxy) is 1. The third-order valence-corrected chi connectivity index (χ3v) is 1.82. The van der Waals surface area contributed by atoms with Crippen molar-refractivity contribution in [1.29, 1.82) is 0 Å². The molecule has 0 heterocycles. The molecule has 1 atom stereocenters. The van der Waals surface area contributed by atoms with Crippen molar-refractivity contribution in [3.8, 4) is 11.5 Å². The maximum atomic E-state index is 11.0. The Morgan fingerprint density at radius 2 is 2.06 bits per heavy atom. The highest BCUT2D eigenvalue weighted by Crippen LogP contribution is 2.25. The molecule has 4 N–H and O–H groups in total. The minimum absolute atomic E-state index is 0.263. The number of benzene rings is 1. The van der Waals surface area contributed by atoms with E-state index in [1.54, 1.807) is 0 Å². The van der Waals surface area contributed by atoms with E-state index >= 15 is 0 Å². The van der Waals surface area contributed by atoms with Crippen LogP contribution in [0.4, 0.5) is 0 Å². The first-order chi connectivity index (χ1) is 8.02. The number of carbonyl (C=O) groups is 1. The lowest BCUT2D eigenvalue weighted by molar-refractivity contribution is -0.167. The van der Waals surface area contributed by atoms with Gasteiger partial charge in [-0.15, -0.1) is 0 Å². The van der Waals surface area contributed by atoms with Crippen molar-refractivity contribution in [2.24, 2.45) is 0 Å². The average Bonchev–Trinajstić information content (AvgIpc) is 2.30. The molecule has 1 rings (SSSR count). The predicted octanol–water partition coefficient (Wildman–Crippen LogP) is -0.0351. The molecule has 0 amide bonds. The Kier molecular flexibility index (Phi) is 4.50. The monoisotopic (exact) mass is 240 g/mol. The highest BCUT2D eigenvalue weighted by atomic mass is 16.6. The molecule has 1 aromatic rings. The molecule has 0 saturated carbocycles. The van der Waals surface area contributed by atoms with Crippen molar-refractivity contribution in [3.63, 3.8) is 0 Å². The largest absolute Gasteiger partial charge is 0.504 e. The maximum Gasteiger partial charge on any atom is 0.333 e. The Labute approximate surface area is 97.0 Å². The van der Waals surface area contributed by atoms with Crippen molar-refractivity contribution < 1.29 is 30.0 Å². The third kappa shape index (κ3) is 4.13. The summed E-state index contributed by atoms with van der Waals surface area (Å²) in [5, 5.41) is 35.5. The summed E-state index contributed by atoms with van der Waals surface area (Å²) >= 11 is 0.